The molecular weight excluding hydrogens is 320 g/mol. The molecule has 0 saturated carbocycles. The van der Waals surface area contributed by atoms with Crippen LogP contribution >= 0.6 is 11.3 Å². The Balaban J connectivity index is 1.65. The summed E-state index contributed by atoms with van der Waals surface area (Å²) in [5.74, 6) is 0.622. The molecule has 0 saturated heterocycles. The largest absolute Gasteiger partial charge is 0.363 e. The average Bonchev–Trinajstić information content (AvgIpc) is 3.05. The van der Waals surface area contributed by atoms with Gasteiger partial charge in [0.15, 0.2) is 0 Å². The Morgan fingerprint density at radius 1 is 1.17 bits per heavy atom. The van der Waals surface area contributed by atoms with Crippen molar-refractivity contribution < 1.29 is 4.79 Å². The number of hydrogen-bond acceptors (Lipinski definition) is 5. The molecule has 0 unspecified atom stereocenters. The highest BCUT2D eigenvalue weighted by Crippen LogP contribution is 2.17. The SMILES string of the molecule is CN(C)c1ccc(NC(=O)c2csc(Cc3ccccc3)n2)cn1. The third-order valence-electron chi connectivity index (χ3n) is 3.45. The molecule has 2 heterocycles. The molecule has 5 nitrogen and oxygen atoms in total. The van der Waals surface area contributed by atoms with Crippen molar-refractivity contribution in [2.45, 2.75) is 6.42 Å². The second kappa shape index (κ2) is 7.23. The molecule has 0 aliphatic carbocycles. The van der Waals surface area contributed by atoms with Gasteiger partial charge in [0.25, 0.3) is 5.91 Å². The molecule has 0 atom stereocenters. The lowest BCUT2D eigenvalue weighted by molar-refractivity contribution is 0.102. The van der Waals surface area contributed by atoms with Gasteiger partial charge in [-0.15, -0.1) is 11.3 Å². The summed E-state index contributed by atoms with van der Waals surface area (Å²) in [6.45, 7) is 0. The maximum absolute atomic E-state index is 12.3. The van der Waals surface area contributed by atoms with Crippen LogP contribution in [0.15, 0.2) is 54.0 Å². The lowest BCUT2D eigenvalue weighted by Crippen LogP contribution is -2.14. The van der Waals surface area contributed by atoms with Crippen LogP contribution in [0.4, 0.5) is 11.5 Å². The molecular formula is C18H18N4OS. The lowest BCUT2D eigenvalue weighted by Gasteiger charge is -2.11. The fourth-order valence-corrected chi connectivity index (χ4v) is 2.99. The van der Waals surface area contributed by atoms with Crippen molar-refractivity contribution in [3.05, 3.63) is 70.3 Å². The number of nitrogens with zero attached hydrogens (tertiary/aromatic N) is 3. The number of anilines is 2. The topological polar surface area (TPSA) is 58.1 Å². The summed E-state index contributed by atoms with van der Waals surface area (Å²) in [5.41, 5.74) is 2.27. The smallest absolute Gasteiger partial charge is 0.275 e. The summed E-state index contributed by atoms with van der Waals surface area (Å²) in [6.07, 6.45) is 2.38. The molecule has 0 aliphatic rings. The van der Waals surface area contributed by atoms with Crippen LogP contribution in [0.1, 0.15) is 21.1 Å². The van der Waals surface area contributed by atoms with Crippen molar-refractivity contribution in [1.29, 1.82) is 0 Å². The molecule has 6 heteroatoms. The standard InChI is InChI=1S/C18H18N4OS/c1-22(2)16-9-8-14(11-19-16)20-18(23)15-12-24-17(21-15)10-13-6-4-3-5-7-13/h3-9,11-12H,10H2,1-2H3,(H,20,23). The Morgan fingerprint density at radius 3 is 2.62 bits per heavy atom. The third kappa shape index (κ3) is 3.97. The van der Waals surface area contributed by atoms with E-state index in [-0.39, 0.29) is 5.91 Å². The number of hydrogen-bond donors (Lipinski definition) is 1. The highest BCUT2D eigenvalue weighted by atomic mass is 32.1. The zero-order chi connectivity index (χ0) is 16.9. The van der Waals surface area contributed by atoms with Crippen LogP contribution in [0.25, 0.3) is 0 Å². The number of aromatic nitrogens is 2. The molecule has 0 aliphatic heterocycles. The van der Waals surface area contributed by atoms with Gasteiger partial charge in [0.2, 0.25) is 0 Å². The predicted octanol–water partition coefficient (Wildman–Crippen LogP) is 3.45. The van der Waals surface area contributed by atoms with Crippen molar-refractivity contribution in [2.75, 3.05) is 24.3 Å². The summed E-state index contributed by atoms with van der Waals surface area (Å²) < 4.78 is 0. The molecule has 24 heavy (non-hydrogen) atoms. The maximum atomic E-state index is 12.3. The molecule has 1 N–H and O–H groups in total. The zero-order valence-electron chi connectivity index (χ0n) is 13.6. The fraction of sp³-hybridized carbons (Fsp3) is 0.167. The van der Waals surface area contributed by atoms with Crippen LogP contribution in [0.3, 0.4) is 0 Å². The van der Waals surface area contributed by atoms with Gasteiger partial charge in [-0.3, -0.25) is 4.79 Å². The number of carbonyl (C=O) groups excluding carboxylic acids is 1. The average molecular weight is 338 g/mol. The first-order chi connectivity index (χ1) is 11.6. The number of nitrogens with one attached hydrogen (secondary N) is 1. The number of pyridine rings is 1. The number of amides is 1. The normalized spacial score (nSPS) is 10.4. The molecule has 2 aromatic heterocycles. The summed E-state index contributed by atoms with van der Waals surface area (Å²) >= 11 is 1.50. The highest BCUT2D eigenvalue weighted by Gasteiger charge is 2.11. The van der Waals surface area contributed by atoms with Crippen molar-refractivity contribution >= 4 is 28.7 Å². The summed E-state index contributed by atoms with van der Waals surface area (Å²) in [4.78, 5) is 22.9. The second-order valence-electron chi connectivity index (χ2n) is 5.54. The van der Waals surface area contributed by atoms with E-state index >= 15 is 0 Å². The Labute approximate surface area is 145 Å². The quantitative estimate of drug-likeness (QED) is 0.774. The van der Waals surface area contributed by atoms with Crippen LogP contribution in [0.5, 0.6) is 0 Å². The van der Waals surface area contributed by atoms with E-state index in [9.17, 15) is 4.79 Å². The van der Waals surface area contributed by atoms with Crippen LogP contribution in [-0.2, 0) is 6.42 Å². The van der Waals surface area contributed by atoms with Crippen LogP contribution < -0.4 is 10.2 Å². The number of rotatable bonds is 5. The molecule has 0 bridgehead atoms. The first-order valence-corrected chi connectivity index (χ1v) is 8.43. The molecule has 1 amide bonds. The number of thiazole rings is 1. The Hall–Kier alpha value is -2.73. The first kappa shape index (κ1) is 16.1. The summed E-state index contributed by atoms with van der Waals surface area (Å²) in [6, 6.07) is 13.8. The molecule has 122 valence electrons. The van der Waals surface area contributed by atoms with E-state index in [0.717, 1.165) is 17.2 Å². The second-order valence-corrected chi connectivity index (χ2v) is 6.49. The van der Waals surface area contributed by atoms with Gasteiger partial charge in [0.1, 0.15) is 11.5 Å². The minimum absolute atomic E-state index is 0.218. The molecule has 3 aromatic rings. The van der Waals surface area contributed by atoms with Crippen molar-refractivity contribution in [2.24, 2.45) is 0 Å². The van der Waals surface area contributed by atoms with E-state index in [1.54, 1.807) is 11.6 Å². The lowest BCUT2D eigenvalue weighted by atomic mass is 10.2. The van der Waals surface area contributed by atoms with Crippen LogP contribution in [-0.4, -0.2) is 30.0 Å². The molecule has 0 radical (unpaired) electrons. The Morgan fingerprint density at radius 2 is 1.96 bits per heavy atom. The van der Waals surface area contributed by atoms with Crippen LogP contribution in [0.2, 0.25) is 0 Å². The first-order valence-electron chi connectivity index (χ1n) is 7.55. The summed E-state index contributed by atoms with van der Waals surface area (Å²) in [5, 5.41) is 5.54. The Bertz CT molecular complexity index is 813. The van der Waals surface area contributed by atoms with Gasteiger partial charge >= 0.3 is 0 Å². The van der Waals surface area contributed by atoms with Crippen molar-refractivity contribution in [3.63, 3.8) is 0 Å². The minimum atomic E-state index is -0.218. The van der Waals surface area contributed by atoms with E-state index < -0.39 is 0 Å². The molecule has 3 rings (SSSR count). The molecule has 0 fully saturated rings. The zero-order valence-corrected chi connectivity index (χ0v) is 14.4. The van der Waals surface area contributed by atoms with E-state index in [0.29, 0.717) is 11.4 Å². The van der Waals surface area contributed by atoms with E-state index in [4.69, 9.17) is 0 Å². The van der Waals surface area contributed by atoms with Gasteiger partial charge in [0.05, 0.1) is 16.9 Å². The van der Waals surface area contributed by atoms with E-state index in [2.05, 4.69) is 27.4 Å². The van der Waals surface area contributed by atoms with Gasteiger partial charge in [0, 0.05) is 25.9 Å². The minimum Gasteiger partial charge on any atom is -0.363 e. The summed E-state index contributed by atoms with van der Waals surface area (Å²) in [7, 11) is 3.84. The predicted molar refractivity (Wildman–Crippen MR) is 97.9 cm³/mol. The highest BCUT2D eigenvalue weighted by molar-refractivity contribution is 7.09. The maximum Gasteiger partial charge on any atom is 0.275 e. The van der Waals surface area contributed by atoms with Crippen molar-refractivity contribution in [3.8, 4) is 0 Å². The van der Waals surface area contributed by atoms with Gasteiger partial charge in [-0.1, -0.05) is 30.3 Å². The van der Waals surface area contributed by atoms with E-state index in [1.807, 2.05) is 49.3 Å². The number of carbonyl (C=O) groups is 1. The van der Waals surface area contributed by atoms with Gasteiger partial charge in [-0.05, 0) is 17.7 Å². The van der Waals surface area contributed by atoms with Crippen LogP contribution in [0, 0.1) is 0 Å². The number of benzene rings is 1. The van der Waals surface area contributed by atoms with Crippen molar-refractivity contribution in [1.82, 2.24) is 9.97 Å². The van der Waals surface area contributed by atoms with Gasteiger partial charge in [-0.2, -0.15) is 0 Å². The monoisotopic (exact) mass is 338 g/mol. The molecule has 0 spiro atoms. The molecule has 1 aromatic carbocycles. The third-order valence-corrected chi connectivity index (χ3v) is 4.30. The van der Waals surface area contributed by atoms with Gasteiger partial charge < -0.3 is 10.2 Å². The Kier molecular flexibility index (Phi) is 4.86. The van der Waals surface area contributed by atoms with Gasteiger partial charge in [-0.25, -0.2) is 9.97 Å². The van der Waals surface area contributed by atoms with E-state index in [1.165, 1.54) is 16.9 Å². The fourth-order valence-electron chi connectivity index (χ4n) is 2.19.